The molecule has 0 aliphatic heterocycles. The zero-order chi connectivity index (χ0) is 16.0. The van der Waals surface area contributed by atoms with Gasteiger partial charge >= 0.3 is 0 Å². The Morgan fingerprint density at radius 2 is 1.95 bits per heavy atom. The topological polar surface area (TPSA) is 49.4 Å². The molecule has 5 heteroatoms. The SMILES string of the molecule is CCCC(C)N(C)S(=O)(=O)c1cc(CNC)ccc1CC. The quantitative estimate of drug-likeness (QED) is 0.803. The summed E-state index contributed by atoms with van der Waals surface area (Å²) >= 11 is 0. The molecule has 0 aromatic heterocycles. The molecule has 1 aromatic rings. The number of benzene rings is 1. The Balaban J connectivity index is 3.25. The van der Waals surface area contributed by atoms with Crippen LogP contribution in [0.25, 0.3) is 0 Å². The predicted octanol–water partition coefficient (Wildman–Crippen LogP) is 2.78. The summed E-state index contributed by atoms with van der Waals surface area (Å²) < 4.78 is 27.3. The Kier molecular flexibility index (Phi) is 6.84. The summed E-state index contributed by atoms with van der Waals surface area (Å²) in [4.78, 5) is 0.447. The lowest BCUT2D eigenvalue weighted by atomic mass is 10.1. The van der Waals surface area contributed by atoms with E-state index in [-0.39, 0.29) is 6.04 Å². The van der Waals surface area contributed by atoms with Crippen LogP contribution in [0.2, 0.25) is 0 Å². The minimum absolute atomic E-state index is 0.0117. The molecule has 0 amide bonds. The normalized spacial score (nSPS) is 13.6. The average molecular weight is 312 g/mol. The van der Waals surface area contributed by atoms with Crippen LogP contribution in [0.5, 0.6) is 0 Å². The molecular formula is C16H28N2O2S. The van der Waals surface area contributed by atoms with Gasteiger partial charge in [-0.2, -0.15) is 4.31 Å². The van der Waals surface area contributed by atoms with Crippen LogP contribution in [0, 0.1) is 0 Å². The van der Waals surface area contributed by atoms with E-state index in [1.807, 2.05) is 33.0 Å². The van der Waals surface area contributed by atoms with E-state index in [0.717, 1.165) is 24.0 Å². The number of hydrogen-bond acceptors (Lipinski definition) is 3. The molecule has 21 heavy (non-hydrogen) atoms. The Morgan fingerprint density at radius 1 is 1.29 bits per heavy atom. The van der Waals surface area contributed by atoms with Gasteiger partial charge < -0.3 is 5.32 Å². The van der Waals surface area contributed by atoms with Gasteiger partial charge in [-0.3, -0.25) is 0 Å². The van der Waals surface area contributed by atoms with Crippen molar-refractivity contribution in [3.8, 4) is 0 Å². The van der Waals surface area contributed by atoms with Gasteiger partial charge in [-0.25, -0.2) is 8.42 Å². The summed E-state index contributed by atoms with van der Waals surface area (Å²) in [7, 11) is 0.100. The van der Waals surface area contributed by atoms with Crippen LogP contribution in [0.1, 0.15) is 44.7 Å². The monoisotopic (exact) mass is 312 g/mol. The first-order valence-electron chi connectivity index (χ1n) is 7.62. The van der Waals surface area contributed by atoms with Crippen molar-refractivity contribution in [2.75, 3.05) is 14.1 Å². The van der Waals surface area contributed by atoms with E-state index in [1.54, 1.807) is 13.1 Å². The van der Waals surface area contributed by atoms with Crippen molar-refractivity contribution in [1.29, 1.82) is 0 Å². The molecule has 1 atom stereocenters. The third-order valence-corrected chi connectivity index (χ3v) is 5.93. The van der Waals surface area contributed by atoms with Gasteiger partial charge in [-0.15, -0.1) is 0 Å². The fraction of sp³-hybridized carbons (Fsp3) is 0.625. The first-order valence-corrected chi connectivity index (χ1v) is 9.06. The lowest BCUT2D eigenvalue weighted by Crippen LogP contribution is -2.35. The molecule has 0 saturated carbocycles. The fourth-order valence-electron chi connectivity index (χ4n) is 2.44. The lowest BCUT2D eigenvalue weighted by molar-refractivity contribution is 0.368. The van der Waals surface area contributed by atoms with Gasteiger partial charge in [0.05, 0.1) is 4.90 Å². The van der Waals surface area contributed by atoms with Crippen LogP contribution in [-0.2, 0) is 23.0 Å². The van der Waals surface area contributed by atoms with Crippen molar-refractivity contribution in [3.63, 3.8) is 0 Å². The molecule has 1 unspecified atom stereocenters. The second-order valence-electron chi connectivity index (χ2n) is 5.48. The predicted molar refractivity (Wildman–Crippen MR) is 87.9 cm³/mol. The second-order valence-corrected chi connectivity index (χ2v) is 7.45. The minimum atomic E-state index is -3.44. The van der Waals surface area contributed by atoms with Crippen LogP contribution >= 0.6 is 0 Å². The molecule has 1 aromatic carbocycles. The fourth-order valence-corrected chi connectivity index (χ4v) is 4.17. The highest BCUT2D eigenvalue weighted by Gasteiger charge is 2.27. The number of rotatable bonds is 8. The Bertz CT molecular complexity index is 555. The average Bonchev–Trinajstić information content (AvgIpc) is 2.47. The first-order chi connectivity index (χ1) is 9.88. The van der Waals surface area contributed by atoms with Crippen LogP contribution < -0.4 is 5.32 Å². The smallest absolute Gasteiger partial charge is 0.243 e. The number of nitrogens with zero attached hydrogens (tertiary/aromatic N) is 1. The number of nitrogens with one attached hydrogen (secondary N) is 1. The molecule has 120 valence electrons. The van der Waals surface area contributed by atoms with Crippen LogP contribution in [0.3, 0.4) is 0 Å². The minimum Gasteiger partial charge on any atom is -0.316 e. The maximum atomic E-state index is 12.9. The number of hydrogen-bond donors (Lipinski definition) is 1. The van der Waals surface area contributed by atoms with Gasteiger partial charge in [-0.1, -0.05) is 32.4 Å². The second kappa shape index (κ2) is 7.92. The zero-order valence-corrected chi connectivity index (χ0v) is 14.6. The highest BCUT2D eigenvalue weighted by molar-refractivity contribution is 7.89. The highest BCUT2D eigenvalue weighted by Crippen LogP contribution is 2.24. The summed E-state index contributed by atoms with van der Waals surface area (Å²) in [5.74, 6) is 0. The molecule has 0 fully saturated rings. The summed E-state index contributed by atoms with van der Waals surface area (Å²) in [6.45, 7) is 6.69. The summed E-state index contributed by atoms with van der Waals surface area (Å²) in [5.41, 5.74) is 1.87. The van der Waals surface area contributed by atoms with Gasteiger partial charge in [-0.05, 0) is 44.0 Å². The van der Waals surface area contributed by atoms with Crippen molar-refractivity contribution in [2.24, 2.45) is 0 Å². The molecule has 4 nitrogen and oxygen atoms in total. The van der Waals surface area contributed by atoms with E-state index >= 15 is 0 Å². The lowest BCUT2D eigenvalue weighted by Gasteiger charge is -2.25. The van der Waals surface area contributed by atoms with Crippen molar-refractivity contribution in [1.82, 2.24) is 9.62 Å². The molecular weight excluding hydrogens is 284 g/mol. The van der Waals surface area contributed by atoms with E-state index in [2.05, 4.69) is 12.2 Å². The van der Waals surface area contributed by atoms with Gasteiger partial charge in [0.2, 0.25) is 10.0 Å². The van der Waals surface area contributed by atoms with Crippen molar-refractivity contribution in [2.45, 2.75) is 57.5 Å². The van der Waals surface area contributed by atoms with E-state index in [9.17, 15) is 8.42 Å². The van der Waals surface area contributed by atoms with E-state index < -0.39 is 10.0 Å². The van der Waals surface area contributed by atoms with Gasteiger partial charge in [0.1, 0.15) is 0 Å². The van der Waals surface area contributed by atoms with Crippen molar-refractivity contribution >= 4 is 10.0 Å². The maximum Gasteiger partial charge on any atom is 0.243 e. The number of aryl methyl sites for hydroxylation is 1. The standard InChI is InChI=1S/C16H28N2O2S/c1-6-8-13(3)18(5)21(19,20)16-11-14(12-17-4)9-10-15(16)7-2/h9-11,13,17H,6-8,12H2,1-5H3. The molecule has 0 radical (unpaired) electrons. The molecule has 1 N–H and O–H groups in total. The Hall–Kier alpha value is -0.910. The van der Waals surface area contributed by atoms with Crippen LogP contribution in [0.4, 0.5) is 0 Å². The first kappa shape index (κ1) is 18.1. The molecule has 0 bridgehead atoms. The maximum absolute atomic E-state index is 12.9. The molecule has 1 rings (SSSR count). The van der Waals surface area contributed by atoms with Crippen LogP contribution in [-0.4, -0.2) is 32.9 Å². The van der Waals surface area contributed by atoms with Crippen molar-refractivity contribution < 1.29 is 8.42 Å². The Morgan fingerprint density at radius 3 is 2.48 bits per heavy atom. The van der Waals surface area contributed by atoms with Gasteiger partial charge in [0.15, 0.2) is 0 Å². The largest absolute Gasteiger partial charge is 0.316 e. The van der Waals surface area contributed by atoms with E-state index in [4.69, 9.17) is 0 Å². The molecule has 0 aliphatic rings. The van der Waals surface area contributed by atoms with E-state index in [0.29, 0.717) is 17.9 Å². The summed E-state index contributed by atoms with van der Waals surface area (Å²) in [6, 6.07) is 5.74. The number of sulfonamides is 1. The zero-order valence-electron chi connectivity index (χ0n) is 13.8. The van der Waals surface area contributed by atoms with Crippen molar-refractivity contribution in [3.05, 3.63) is 29.3 Å². The van der Waals surface area contributed by atoms with Gasteiger partial charge in [0, 0.05) is 19.6 Å². The van der Waals surface area contributed by atoms with E-state index in [1.165, 1.54) is 4.31 Å². The molecule has 0 saturated heterocycles. The highest BCUT2D eigenvalue weighted by atomic mass is 32.2. The third kappa shape index (κ3) is 4.28. The Labute approximate surface area is 129 Å². The van der Waals surface area contributed by atoms with Gasteiger partial charge in [0.25, 0.3) is 0 Å². The summed E-state index contributed by atoms with van der Waals surface area (Å²) in [6.07, 6.45) is 2.55. The third-order valence-electron chi connectivity index (χ3n) is 3.88. The van der Waals surface area contributed by atoms with Crippen LogP contribution in [0.15, 0.2) is 23.1 Å². The molecule has 0 spiro atoms. The summed E-state index contributed by atoms with van der Waals surface area (Å²) in [5, 5.41) is 3.06. The molecule has 0 heterocycles. The molecule has 0 aliphatic carbocycles.